The summed E-state index contributed by atoms with van der Waals surface area (Å²) in [6, 6.07) is 0. The molecular formula is C10H17NO2. The third-order valence-electron chi connectivity index (χ3n) is 1.50. The summed E-state index contributed by atoms with van der Waals surface area (Å²) in [6.07, 6.45) is 7.05. The highest BCUT2D eigenvalue weighted by Gasteiger charge is 1.98. The minimum Gasteiger partial charge on any atom is -0.381 e. The van der Waals surface area contributed by atoms with E-state index in [-0.39, 0.29) is 5.91 Å². The first-order valence-electron chi connectivity index (χ1n) is 4.59. The average Bonchev–Trinajstić information content (AvgIpc) is 2.13. The van der Waals surface area contributed by atoms with Crippen LogP contribution in [0.2, 0.25) is 0 Å². The fourth-order valence-corrected chi connectivity index (χ4v) is 0.816. The summed E-state index contributed by atoms with van der Waals surface area (Å²) < 4.78 is 5.04. The van der Waals surface area contributed by atoms with E-state index in [4.69, 9.17) is 11.2 Å². The normalized spacial score (nSPS) is 9.23. The molecule has 0 saturated heterocycles. The Bertz CT molecular complexity index is 172. The molecule has 0 heterocycles. The highest BCUT2D eigenvalue weighted by atomic mass is 16.5. The molecule has 0 fully saturated rings. The Morgan fingerprint density at radius 2 is 2.38 bits per heavy atom. The summed E-state index contributed by atoms with van der Waals surface area (Å²) in [7, 11) is 0. The largest absolute Gasteiger partial charge is 0.381 e. The van der Waals surface area contributed by atoms with E-state index in [9.17, 15) is 4.79 Å². The maximum absolute atomic E-state index is 11.0. The maximum Gasteiger partial charge on any atom is 0.222 e. The molecule has 1 amide bonds. The number of hydrogen-bond acceptors (Lipinski definition) is 2. The molecule has 0 aromatic heterocycles. The van der Waals surface area contributed by atoms with Gasteiger partial charge in [-0.2, -0.15) is 0 Å². The number of nitrogens with one attached hydrogen (secondary N) is 1. The lowest BCUT2D eigenvalue weighted by Gasteiger charge is -2.03. The van der Waals surface area contributed by atoms with Crippen LogP contribution in [0.25, 0.3) is 0 Å². The number of rotatable bonds is 7. The fourth-order valence-electron chi connectivity index (χ4n) is 0.816. The highest BCUT2D eigenvalue weighted by Crippen LogP contribution is 1.86. The minimum absolute atomic E-state index is 0.0328. The Hall–Kier alpha value is -1.01. The van der Waals surface area contributed by atoms with Crippen LogP contribution >= 0.6 is 0 Å². The van der Waals surface area contributed by atoms with Crippen molar-refractivity contribution in [1.29, 1.82) is 0 Å². The smallest absolute Gasteiger partial charge is 0.222 e. The van der Waals surface area contributed by atoms with Crippen molar-refractivity contribution in [3.63, 3.8) is 0 Å². The van der Waals surface area contributed by atoms with E-state index in [1.54, 1.807) is 0 Å². The van der Waals surface area contributed by atoms with Crippen LogP contribution in [0.1, 0.15) is 26.2 Å². The zero-order valence-electron chi connectivity index (χ0n) is 8.14. The predicted octanol–water partition coefficient (Wildman–Crippen LogP) is 0.943. The van der Waals surface area contributed by atoms with E-state index in [1.807, 2.05) is 6.92 Å². The van der Waals surface area contributed by atoms with Crippen LogP contribution in [-0.4, -0.2) is 25.7 Å². The molecule has 1 N–H and O–H groups in total. The molecule has 0 bridgehead atoms. The van der Waals surface area contributed by atoms with E-state index in [1.165, 1.54) is 0 Å². The molecule has 13 heavy (non-hydrogen) atoms. The zero-order valence-corrected chi connectivity index (χ0v) is 8.14. The molecule has 0 aliphatic carbocycles. The van der Waals surface area contributed by atoms with Crippen molar-refractivity contribution in [2.75, 3.05) is 19.8 Å². The third kappa shape index (κ3) is 8.90. The summed E-state index contributed by atoms with van der Waals surface area (Å²) in [5.74, 6) is 2.55. The Morgan fingerprint density at radius 1 is 1.62 bits per heavy atom. The molecule has 0 radical (unpaired) electrons. The number of ether oxygens (including phenoxy) is 1. The van der Waals surface area contributed by atoms with E-state index < -0.39 is 0 Å². The summed E-state index contributed by atoms with van der Waals surface area (Å²) >= 11 is 0. The molecule has 0 aromatic rings. The minimum atomic E-state index is 0.0328. The van der Waals surface area contributed by atoms with Crippen LogP contribution in [0.5, 0.6) is 0 Å². The lowest BCUT2D eigenvalue weighted by atomic mass is 10.3. The van der Waals surface area contributed by atoms with Crippen LogP contribution in [0.4, 0.5) is 0 Å². The third-order valence-corrected chi connectivity index (χ3v) is 1.50. The fraction of sp³-hybridized carbons (Fsp3) is 0.700. The van der Waals surface area contributed by atoms with Gasteiger partial charge in [-0.25, -0.2) is 0 Å². The molecule has 0 aromatic carbocycles. The summed E-state index contributed by atoms with van der Waals surface area (Å²) in [5, 5.41) is 2.76. The molecular weight excluding hydrogens is 166 g/mol. The predicted molar refractivity (Wildman–Crippen MR) is 52.2 cm³/mol. The van der Waals surface area contributed by atoms with Gasteiger partial charge in [-0.05, 0) is 13.3 Å². The van der Waals surface area contributed by atoms with E-state index in [0.29, 0.717) is 32.6 Å². The van der Waals surface area contributed by atoms with Crippen LogP contribution in [0.15, 0.2) is 0 Å². The topological polar surface area (TPSA) is 38.3 Å². The molecule has 3 heteroatoms. The average molecular weight is 183 g/mol. The quantitative estimate of drug-likeness (QED) is 0.471. The number of hydrogen-bond donors (Lipinski definition) is 1. The van der Waals surface area contributed by atoms with Crippen molar-refractivity contribution >= 4 is 5.91 Å². The van der Waals surface area contributed by atoms with Gasteiger partial charge in [-0.15, -0.1) is 12.3 Å². The Kier molecular flexibility index (Phi) is 8.38. The summed E-state index contributed by atoms with van der Waals surface area (Å²) in [6.45, 7) is 3.72. The molecule has 74 valence electrons. The number of carbonyl (C=O) groups is 1. The van der Waals surface area contributed by atoms with E-state index >= 15 is 0 Å². The van der Waals surface area contributed by atoms with Gasteiger partial charge < -0.3 is 10.1 Å². The van der Waals surface area contributed by atoms with Crippen molar-refractivity contribution in [1.82, 2.24) is 5.32 Å². The van der Waals surface area contributed by atoms with Crippen LogP contribution in [0.3, 0.4) is 0 Å². The van der Waals surface area contributed by atoms with Gasteiger partial charge >= 0.3 is 0 Å². The zero-order chi connectivity index (χ0) is 9.94. The van der Waals surface area contributed by atoms with Crippen LogP contribution in [-0.2, 0) is 9.53 Å². The van der Waals surface area contributed by atoms with Crippen molar-refractivity contribution < 1.29 is 9.53 Å². The second-order valence-electron chi connectivity index (χ2n) is 2.60. The van der Waals surface area contributed by atoms with Crippen molar-refractivity contribution in [2.24, 2.45) is 0 Å². The monoisotopic (exact) mass is 183 g/mol. The Morgan fingerprint density at radius 3 is 3.00 bits per heavy atom. The Balaban J connectivity index is 3.16. The van der Waals surface area contributed by atoms with Gasteiger partial charge in [-0.1, -0.05) is 0 Å². The van der Waals surface area contributed by atoms with Gasteiger partial charge in [0.1, 0.15) is 0 Å². The first-order valence-corrected chi connectivity index (χ1v) is 4.59. The standard InChI is InChI=1S/C10H17NO2/c1-3-5-6-8-11-10(12)7-9-13-4-2/h1H,4-9H2,2H3,(H,11,12). The molecule has 0 rings (SSSR count). The number of amides is 1. The van der Waals surface area contributed by atoms with Gasteiger partial charge in [-0.3, -0.25) is 4.79 Å². The molecule has 0 aliphatic rings. The molecule has 3 nitrogen and oxygen atoms in total. The van der Waals surface area contributed by atoms with Crippen LogP contribution in [0, 0.1) is 12.3 Å². The molecule has 0 aliphatic heterocycles. The highest BCUT2D eigenvalue weighted by molar-refractivity contribution is 5.75. The second-order valence-corrected chi connectivity index (χ2v) is 2.60. The number of carbonyl (C=O) groups excluding carboxylic acids is 1. The van der Waals surface area contributed by atoms with Gasteiger partial charge in [0.05, 0.1) is 6.61 Å². The Labute approximate surface area is 79.8 Å². The maximum atomic E-state index is 11.0. The number of unbranched alkanes of at least 4 members (excludes halogenated alkanes) is 1. The molecule has 0 saturated carbocycles. The first-order chi connectivity index (χ1) is 6.31. The van der Waals surface area contributed by atoms with Gasteiger partial charge in [0.2, 0.25) is 5.91 Å². The van der Waals surface area contributed by atoms with Crippen molar-refractivity contribution in [3.8, 4) is 12.3 Å². The molecule has 0 spiro atoms. The van der Waals surface area contributed by atoms with Gasteiger partial charge in [0.25, 0.3) is 0 Å². The lowest BCUT2D eigenvalue weighted by molar-refractivity contribution is -0.122. The summed E-state index contributed by atoms with van der Waals surface area (Å²) in [4.78, 5) is 11.0. The van der Waals surface area contributed by atoms with Crippen molar-refractivity contribution in [2.45, 2.75) is 26.2 Å². The number of terminal acetylenes is 1. The van der Waals surface area contributed by atoms with E-state index in [2.05, 4.69) is 11.2 Å². The second kappa shape index (κ2) is 9.08. The summed E-state index contributed by atoms with van der Waals surface area (Å²) in [5.41, 5.74) is 0. The SMILES string of the molecule is C#CCCCNC(=O)CCOCC. The van der Waals surface area contributed by atoms with Gasteiger partial charge in [0.15, 0.2) is 0 Å². The van der Waals surface area contributed by atoms with Crippen molar-refractivity contribution in [3.05, 3.63) is 0 Å². The van der Waals surface area contributed by atoms with Crippen LogP contribution < -0.4 is 5.32 Å². The molecule has 0 atom stereocenters. The van der Waals surface area contributed by atoms with E-state index in [0.717, 1.165) is 6.42 Å². The van der Waals surface area contributed by atoms with Gasteiger partial charge in [0, 0.05) is 26.0 Å². The molecule has 0 unspecified atom stereocenters. The first kappa shape index (κ1) is 12.0. The lowest BCUT2D eigenvalue weighted by Crippen LogP contribution is -2.25.